The zero-order chi connectivity index (χ0) is 16.8. The maximum Gasteiger partial charge on any atom is 0.420 e. The van der Waals surface area contributed by atoms with Gasteiger partial charge in [-0.25, -0.2) is 14.7 Å². The fraction of sp³-hybridized carbons (Fsp3) is 0.200. The summed E-state index contributed by atoms with van der Waals surface area (Å²) >= 11 is 3.38. The Balaban J connectivity index is 1.84. The fourth-order valence-electron chi connectivity index (χ4n) is 2.69. The summed E-state index contributed by atoms with van der Waals surface area (Å²) in [5, 5.41) is 0. The summed E-state index contributed by atoms with van der Waals surface area (Å²) < 4.78 is 39.1. The van der Waals surface area contributed by atoms with Crippen LogP contribution in [0.4, 0.5) is 19.4 Å². The van der Waals surface area contributed by atoms with Gasteiger partial charge in [-0.15, -0.1) is 0 Å². The first-order valence-corrected chi connectivity index (χ1v) is 7.85. The second-order valence-corrected chi connectivity index (χ2v) is 6.12. The first kappa shape index (κ1) is 15.1. The number of cyclic esters (lactones) is 1. The Morgan fingerprint density at radius 1 is 1.29 bits per heavy atom. The number of ether oxygens (including phenoxy) is 2. The van der Waals surface area contributed by atoms with Crippen LogP contribution in [0.2, 0.25) is 0 Å². The van der Waals surface area contributed by atoms with Crippen LogP contribution in [0.3, 0.4) is 0 Å². The van der Waals surface area contributed by atoms with Crippen molar-refractivity contribution in [2.75, 3.05) is 18.1 Å². The van der Waals surface area contributed by atoms with Crippen LogP contribution in [-0.2, 0) is 11.3 Å². The van der Waals surface area contributed by atoms with Crippen molar-refractivity contribution in [1.29, 1.82) is 0 Å². The molecule has 124 valence electrons. The number of nitrogens with zero attached hydrogens (tertiary/aromatic N) is 3. The van der Waals surface area contributed by atoms with Crippen LogP contribution < -0.4 is 9.64 Å². The van der Waals surface area contributed by atoms with Gasteiger partial charge in [0.1, 0.15) is 30.5 Å². The van der Waals surface area contributed by atoms with Crippen LogP contribution in [0.1, 0.15) is 0 Å². The SMILES string of the molecule is O=C1OCC(=C(F)F)N1c1cn2c(n1)-c1ccc(Br)cc1OCC2. The van der Waals surface area contributed by atoms with Gasteiger partial charge < -0.3 is 14.0 Å². The molecule has 0 aliphatic carbocycles. The molecule has 2 aromatic rings. The minimum Gasteiger partial charge on any atom is -0.491 e. The van der Waals surface area contributed by atoms with Crippen LogP contribution in [0.15, 0.2) is 40.6 Å². The summed E-state index contributed by atoms with van der Waals surface area (Å²) in [7, 11) is 0. The van der Waals surface area contributed by atoms with Crippen molar-refractivity contribution in [2.24, 2.45) is 0 Å². The highest BCUT2D eigenvalue weighted by Crippen LogP contribution is 2.37. The third-order valence-electron chi connectivity index (χ3n) is 3.77. The molecule has 6 nitrogen and oxygen atoms in total. The van der Waals surface area contributed by atoms with Gasteiger partial charge in [-0.3, -0.25) is 0 Å². The zero-order valence-electron chi connectivity index (χ0n) is 12.1. The average Bonchev–Trinajstić information content (AvgIpc) is 3.07. The molecule has 0 radical (unpaired) electrons. The Morgan fingerprint density at radius 3 is 2.92 bits per heavy atom. The fourth-order valence-corrected chi connectivity index (χ4v) is 3.03. The molecule has 0 atom stereocenters. The monoisotopic (exact) mass is 397 g/mol. The average molecular weight is 398 g/mol. The Morgan fingerprint density at radius 2 is 2.12 bits per heavy atom. The number of imidazole rings is 1. The molecule has 9 heteroatoms. The number of benzene rings is 1. The summed E-state index contributed by atoms with van der Waals surface area (Å²) in [5.41, 5.74) is 0.237. The maximum atomic E-state index is 13.0. The predicted octanol–water partition coefficient (Wildman–Crippen LogP) is 3.77. The largest absolute Gasteiger partial charge is 0.491 e. The van der Waals surface area contributed by atoms with E-state index >= 15 is 0 Å². The summed E-state index contributed by atoms with van der Waals surface area (Å²) in [5.74, 6) is 1.28. The second kappa shape index (κ2) is 5.59. The third kappa shape index (κ3) is 2.35. The topological polar surface area (TPSA) is 56.6 Å². The van der Waals surface area contributed by atoms with Crippen molar-refractivity contribution in [2.45, 2.75) is 6.54 Å². The lowest BCUT2D eigenvalue weighted by Gasteiger charge is -2.10. The number of hydrogen-bond acceptors (Lipinski definition) is 4. The lowest BCUT2D eigenvalue weighted by Crippen LogP contribution is -2.22. The van der Waals surface area contributed by atoms with Gasteiger partial charge in [0.25, 0.3) is 6.08 Å². The van der Waals surface area contributed by atoms with Gasteiger partial charge >= 0.3 is 6.09 Å². The summed E-state index contributed by atoms with van der Waals surface area (Å²) in [6, 6.07) is 5.47. The first-order chi connectivity index (χ1) is 11.5. The van der Waals surface area contributed by atoms with E-state index in [0.29, 0.717) is 24.7 Å². The molecule has 1 saturated heterocycles. The Kier molecular flexibility index (Phi) is 3.52. The molecule has 0 spiro atoms. The van der Waals surface area contributed by atoms with Crippen molar-refractivity contribution < 1.29 is 23.0 Å². The van der Waals surface area contributed by atoms with E-state index in [1.54, 1.807) is 10.8 Å². The molecule has 1 fully saturated rings. The van der Waals surface area contributed by atoms with Gasteiger partial charge in [0, 0.05) is 10.7 Å². The Bertz CT molecular complexity index is 877. The van der Waals surface area contributed by atoms with E-state index < -0.39 is 24.5 Å². The second-order valence-electron chi connectivity index (χ2n) is 5.20. The molecule has 1 amide bonds. The lowest BCUT2D eigenvalue weighted by atomic mass is 10.2. The van der Waals surface area contributed by atoms with E-state index in [1.807, 2.05) is 18.2 Å². The van der Waals surface area contributed by atoms with Crippen molar-refractivity contribution in [3.63, 3.8) is 0 Å². The number of carbonyl (C=O) groups excluding carboxylic acids is 1. The van der Waals surface area contributed by atoms with Crippen molar-refractivity contribution in [1.82, 2.24) is 9.55 Å². The first-order valence-electron chi connectivity index (χ1n) is 7.05. The van der Waals surface area contributed by atoms with Crippen LogP contribution in [0.5, 0.6) is 5.75 Å². The number of rotatable bonds is 1. The maximum absolute atomic E-state index is 13.0. The molecule has 24 heavy (non-hydrogen) atoms. The van der Waals surface area contributed by atoms with Crippen LogP contribution in [-0.4, -0.2) is 28.9 Å². The van der Waals surface area contributed by atoms with E-state index in [-0.39, 0.29) is 5.82 Å². The predicted molar refractivity (Wildman–Crippen MR) is 83.9 cm³/mol. The minimum absolute atomic E-state index is 0.103. The van der Waals surface area contributed by atoms with E-state index in [1.165, 1.54) is 0 Å². The highest BCUT2D eigenvalue weighted by Gasteiger charge is 2.35. The normalized spacial score (nSPS) is 16.2. The molecule has 1 aromatic heterocycles. The van der Waals surface area contributed by atoms with Gasteiger partial charge in [0.05, 0.1) is 12.1 Å². The van der Waals surface area contributed by atoms with Crippen LogP contribution in [0.25, 0.3) is 11.4 Å². The summed E-state index contributed by atoms with van der Waals surface area (Å²) in [4.78, 5) is 17.0. The van der Waals surface area contributed by atoms with Crippen LogP contribution >= 0.6 is 15.9 Å². The minimum atomic E-state index is -1.96. The molecule has 2 aliphatic rings. The molecular weight excluding hydrogens is 388 g/mol. The van der Waals surface area contributed by atoms with Gasteiger partial charge in [0.2, 0.25) is 0 Å². The smallest absolute Gasteiger partial charge is 0.420 e. The highest BCUT2D eigenvalue weighted by atomic mass is 79.9. The van der Waals surface area contributed by atoms with Gasteiger partial charge in [0.15, 0.2) is 5.82 Å². The number of carbonyl (C=O) groups is 1. The molecule has 3 heterocycles. The molecule has 0 bridgehead atoms. The van der Waals surface area contributed by atoms with Gasteiger partial charge in [-0.05, 0) is 18.2 Å². The molecule has 0 saturated carbocycles. The Hall–Kier alpha value is -2.42. The summed E-state index contributed by atoms with van der Waals surface area (Å²) in [6.07, 6.45) is -1.28. The number of amides is 1. The van der Waals surface area contributed by atoms with Crippen LogP contribution in [0, 0.1) is 0 Å². The highest BCUT2D eigenvalue weighted by molar-refractivity contribution is 9.10. The molecule has 0 unspecified atom stereocenters. The molecule has 4 rings (SSSR count). The molecule has 0 N–H and O–H groups in total. The van der Waals surface area contributed by atoms with E-state index in [9.17, 15) is 13.6 Å². The lowest BCUT2D eigenvalue weighted by molar-refractivity contribution is 0.182. The molecular formula is C15H10BrF2N3O3. The molecule has 1 aromatic carbocycles. The Labute approximate surface area is 143 Å². The summed E-state index contributed by atoms with van der Waals surface area (Å²) in [6.45, 7) is 0.418. The van der Waals surface area contributed by atoms with Crippen molar-refractivity contribution in [3.8, 4) is 17.1 Å². The number of fused-ring (bicyclic) bond motifs is 3. The number of hydrogen-bond donors (Lipinski definition) is 0. The van der Waals surface area contributed by atoms with Crippen molar-refractivity contribution >= 4 is 27.8 Å². The molecule has 2 aliphatic heterocycles. The standard InChI is InChI=1S/C15H10BrF2N3O3/c16-8-1-2-9-11(5-8)23-4-3-20-6-12(19-14(9)20)21-10(13(17)18)7-24-15(21)22/h1-2,5-6H,3-4,7H2. The van der Waals surface area contributed by atoms with Crippen molar-refractivity contribution in [3.05, 3.63) is 40.6 Å². The number of aromatic nitrogens is 2. The quantitative estimate of drug-likeness (QED) is 0.734. The van der Waals surface area contributed by atoms with E-state index in [2.05, 4.69) is 20.9 Å². The zero-order valence-corrected chi connectivity index (χ0v) is 13.7. The van der Waals surface area contributed by atoms with Gasteiger partial charge in [-0.1, -0.05) is 15.9 Å². The van der Waals surface area contributed by atoms with E-state index in [4.69, 9.17) is 9.47 Å². The third-order valence-corrected chi connectivity index (χ3v) is 4.26. The number of halogens is 3. The van der Waals surface area contributed by atoms with Gasteiger partial charge in [-0.2, -0.15) is 8.78 Å². The number of anilines is 1. The van der Waals surface area contributed by atoms with E-state index in [0.717, 1.165) is 14.9 Å².